The van der Waals surface area contributed by atoms with Crippen LogP contribution in [-0.2, 0) is 15.0 Å². The topological polar surface area (TPSA) is 57.7 Å². The molecule has 5 nitrogen and oxygen atoms in total. The molecule has 1 rings (SSSR count). The molecule has 14 heavy (non-hydrogen) atoms. The Hall–Kier alpha value is -0.460. The number of nitrogens with zero attached hydrogens (tertiary/aromatic N) is 2. The number of carbonyl (C=O) groups is 1. The Morgan fingerprint density at radius 1 is 1.36 bits per heavy atom. The van der Waals surface area contributed by atoms with E-state index in [1.165, 1.54) is 18.4 Å². The fourth-order valence-corrected chi connectivity index (χ4v) is 2.92. The third kappa shape index (κ3) is 1.57. The molecule has 0 amide bonds. The van der Waals surface area contributed by atoms with E-state index in [0.717, 1.165) is 4.31 Å². The average Bonchev–Trinajstić information content (AvgIpc) is 2.27. The lowest BCUT2D eigenvalue weighted by atomic mass is 10.0. The molecule has 0 aromatic carbocycles. The molecule has 0 aromatic heterocycles. The van der Waals surface area contributed by atoms with Gasteiger partial charge in [0.2, 0.25) is 0 Å². The molecule has 1 fully saturated rings. The molecule has 1 heterocycles. The molecule has 1 saturated heterocycles. The van der Waals surface area contributed by atoms with E-state index in [9.17, 15) is 13.2 Å². The van der Waals surface area contributed by atoms with Gasteiger partial charge < -0.3 is 0 Å². The third-order valence-corrected chi connectivity index (χ3v) is 4.71. The van der Waals surface area contributed by atoms with E-state index in [-0.39, 0.29) is 12.3 Å². The van der Waals surface area contributed by atoms with Gasteiger partial charge in [0.1, 0.15) is 0 Å². The quantitative estimate of drug-likeness (QED) is 0.650. The Morgan fingerprint density at radius 2 is 1.86 bits per heavy atom. The maximum absolute atomic E-state index is 11.8. The minimum absolute atomic E-state index is 0.0251. The zero-order valence-corrected chi connectivity index (χ0v) is 9.76. The fraction of sp³-hybridized carbons (Fsp3) is 0.875. The van der Waals surface area contributed by atoms with Crippen LogP contribution in [0.3, 0.4) is 0 Å². The lowest BCUT2D eigenvalue weighted by molar-refractivity contribution is -0.122. The van der Waals surface area contributed by atoms with E-state index in [0.29, 0.717) is 6.42 Å². The van der Waals surface area contributed by atoms with Crippen LogP contribution >= 0.6 is 0 Å². The second-order valence-electron chi connectivity index (χ2n) is 4.09. The molecule has 1 aliphatic rings. The molecule has 0 bridgehead atoms. The van der Waals surface area contributed by atoms with E-state index in [1.807, 2.05) is 0 Å². The summed E-state index contributed by atoms with van der Waals surface area (Å²) in [5, 5.41) is 0. The van der Waals surface area contributed by atoms with Gasteiger partial charge in [0, 0.05) is 27.1 Å². The molecule has 0 aliphatic carbocycles. The zero-order chi connectivity index (χ0) is 11.1. The van der Waals surface area contributed by atoms with Gasteiger partial charge in [-0.05, 0) is 13.8 Å². The van der Waals surface area contributed by atoms with Crippen molar-refractivity contribution in [2.45, 2.75) is 25.8 Å². The van der Waals surface area contributed by atoms with Gasteiger partial charge in [-0.1, -0.05) is 0 Å². The number of rotatable bonds is 2. The van der Waals surface area contributed by atoms with E-state index in [1.54, 1.807) is 13.8 Å². The van der Waals surface area contributed by atoms with E-state index >= 15 is 0 Å². The molecule has 0 unspecified atom stereocenters. The first-order valence-electron chi connectivity index (χ1n) is 4.44. The third-order valence-electron chi connectivity index (χ3n) is 2.59. The summed E-state index contributed by atoms with van der Waals surface area (Å²) in [6.07, 6.45) is 0.306. The smallest absolute Gasteiger partial charge is 0.282 e. The van der Waals surface area contributed by atoms with Crippen LogP contribution in [0.25, 0.3) is 0 Å². The van der Waals surface area contributed by atoms with Crippen molar-refractivity contribution in [1.82, 2.24) is 8.61 Å². The van der Waals surface area contributed by atoms with Gasteiger partial charge >= 0.3 is 0 Å². The maximum Gasteiger partial charge on any atom is 0.282 e. The van der Waals surface area contributed by atoms with Crippen molar-refractivity contribution in [1.29, 1.82) is 0 Å². The van der Waals surface area contributed by atoms with Crippen molar-refractivity contribution in [2.24, 2.45) is 0 Å². The highest BCUT2D eigenvalue weighted by Gasteiger charge is 2.47. The largest absolute Gasteiger partial charge is 0.298 e. The second-order valence-corrected chi connectivity index (χ2v) is 6.16. The molecule has 0 aromatic rings. The summed E-state index contributed by atoms with van der Waals surface area (Å²) in [5.41, 5.74) is -0.900. The molecular formula is C8H16N2O3S. The first-order chi connectivity index (χ1) is 6.20. The van der Waals surface area contributed by atoms with Gasteiger partial charge in [0.25, 0.3) is 10.2 Å². The van der Waals surface area contributed by atoms with Gasteiger partial charge in [0.15, 0.2) is 5.78 Å². The Morgan fingerprint density at radius 3 is 2.14 bits per heavy atom. The molecule has 1 aliphatic heterocycles. The minimum atomic E-state index is -3.47. The summed E-state index contributed by atoms with van der Waals surface area (Å²) in [6.45, 7) is 3.57. The van der Waals surface area contributed by atoms with Crippen molar-refractivity contribution in [3.63, 3.8) is 0 Å². The zero-order valence-electron chi connectivity index (χ0n) is 8.94. The van der Waals surface area contributed by atoms with E-state index in [2.05, 4.69) is 0 Å². The summed E-state index contributed by atoms with van der Waals surface area (Å²) in [7, 11) is -0.538. The Kier molecular flexibility index (Phi) is 2.73. The summed E-state index contributed by atoms with van der Waals surface area (Å²) < 4.78 is 26.0. The van der Waals surface area contributed by atoms with Crippen LogP contribution in [0, 0.1) is 0 Å². The molecule has 0 atom stereocenters. The second kappa shape index (κ2) is 3.29. The number of carbonyl (C=O) groups excluding carboxylic acids is 1. The predicted octanol–water partition coefficient (Wildman–Crippen LogP) is -0.154. The molecular weight excluding hydrogens is 204 g/mol. The number of ketones is 1. The summed E-state index contributed by atoms with van der Waals surface area (Å²) in [4.78, 5) is 11.5. The van der Waals surface area contributed by atoms with Crippen molar-refractivity contribution in [3.8, 4) is 0 Å². The summed E-state index contributed by atoms with van der Waals surface area (Å²) in [5.74, 6) is -0.0251. The molecule has 0 saturated carbocycles. The number of Topliss-reactive ketones (excluding diaryl/α,β-unsaturated/α-hetero) is 1. The van der Waals surface area contributed by atoms with Crippen molar-refractivity contribution < 1.29 is 13.2 Å². The van der Waals surface area contributed by atoms with Crippen LogP contribution in [0.4, 0.5) is 0 Å². The Bertz CT molecular complexity index is 346. The van der Waals surface area contributed by atoms with E-state index < -0.39 is 15.7 Å². The van der Waals surface area contributed by atoms with Crippen molar-refractivity contribution >= 4 is 16.0 Å². The van der Waals surface area contributed by atoms with Gasteiger partial charge in [-0.15, -0.1) is 0 Å². The average molecular weight is 220 g/mol. The predicted molar refractivity (Wildman–Crippen MR) is 53.0 cm³/mol. The monoisotopic (exact) mass is 220 g/mol. The van der Waals surface area contributed by atoms with Crippen LogP contribution in [0.2, 0.25) is 0 Å². The molecule has 0 N–H and O–H groups in total. The molecule has 6 heteroatoms. The van der Waals surface area contributed by atoms with Gasteiger partial charge in [0.05, 0.1) is 5.54 Å². The lowest BCUT2D eigenvalue weighted by Gasteiger charge is -2.31. The fourth-order valence-electron chi connectivity index (χ4n) is 1.53. The minimum Gasteiger partial charge on any atom is -0.298 e. The van der Waals surface area contributed by atoms with Crippen LogP contribution in [0.1, 0.15) is 20.3 Å². The summed E-state index contributed by atoms with van der Waals surface area (Å²) >= 11 is 0. The highest BCUT2D eigenvalue weighted by Crippen LogP contribution is 2.28. The standard InChI is InChI=1S/C8H16N2O3S/c1-8(2)7(11)5-6-10(8)14(12,13)9(3)4/h5-6H2,1-4H3. The first kappa shape index (κ1) is 11.6. The van der Waals surface area contributed by atoms with Crippen LogP contribution in [0.15, 0.2) is 0 Å². The SMILES string of the molecule is CN(C)S(=O)(=O)N1CCC(=O)C1(C)C. The number of hydrogen-bond donors (Lipinski definition) is 0. The Balaban J connectivity index is 3.08. The maximum atomic E-state index is 11.8. The van der Waals surface area contributed by atoms with Gasteiger partial charge in [-0.2, -0.15) is 17.0 Å². The van der Waals surface area contributed by atoms with E-state index in [4.69, 9.17) is 0 Å². The van der Waals surface area contributed by atoms with Crippen molar-refractivity contribution in [3.05, 3.63) is 0 Å². The normalized spacial score (nSPS) is 23.4. The van der Waals surface area contributed by atoms with Gasteiger partial charge in [-0.25, -0.2) is 0 Å². The van der Waals surface area contributed by atoms with Crippen LogP contribution in [0.5, 0.6) is 0 Å². The molecule has 82 valence electrons. The summed E-state index contributed by atoms with van der Waals surface area (Å²) in [6, 6.07) is 0. The molecule has 0 radical (unpaired) electrons. The first-order valence-corrected chi connectivity index (χ1v) is 5.84. The van der Waals surface area contributed by atoms with Gasteiger partial charge in [-0.3, -0.25) is 4.79 Å². The lowest BCUT2D eigenvalue weighted by Crippen LogP contribution is -2.50. The Labute approximate surface area is 84.9 Å². The highest BCUT2D eigenvalue weighted by atomic mass is 32.2. The van der Waals surface area contributed by atoms with Crippen LogP contribution < -0.4 is 0 Å². The van der Waals surface area contributed by atoms with Crippen LogP contribution in [-0.4, -0.2) is 49.0 Å². The number of hydrogen-bond acceptors (Lipinski definition) is 3. The molecule has 0 spiro atoms. The highest BCUT2D eigenvalue weighted by molar-refractivity contribution is 7.86. The van der Waals surface area contributed by atoms with Crippen molar-refractivity contribution in [2.75, 3.05) is 20.6 Å².